The van der Waals surface area contributed by atoms with Gasteiger partial charge in [0.1, 0.15) is 5.82 Å². The van der Waals surface area contributed by atoms with Crippen molar-refractivity contribution in [2.24, 2.45) is 0 Å². The van der Waals surface area contributed by atoms with Gasteiger partial charge in [0.05, 0.1) is 24.4 Å². The number of aromatic nitrogens is 1. The summed E-state index contributed by atoms with van der Waals surface area (Å²) in [5.74, 6) is 0.538. The van der Waals surface area contributed by atoms with Crippen molar-refractivity contribution in [2.45, 2.75) is 12.5 Å². The normalized spacial score (nSPS) is 19.2. The Morgan fingerprint density at radius 3 is 2.92 bits per heavy atom. The first-order valence-electron chi connectivity index (χ1n) is 4.26. The Morgan fingerprint density at radius 2 is 2.38 bits per heavy atom. The molecule has 0 unspecified atom stereocenters. The molecule has 3 N–H and O–H groups in total. The molecule has 0 amide bonds. The number of ether oxygens (including phenoxy) is 1. The molecule has 1 saturated heterocycles. The van der Waals surface area contributed by atoms with Crippen LogP contribution in [0.5, 0.6) is 0 Å². The van der Waals surface area contributed by atoms with Crippen LogP contribution in [0, 0.1) is 0 Å². The molecule has 1 aromatic heterocycles. The van der Waals surface area contributed by atoms with Gasteiger partial charge in [-0.15, -0.1) is 0 Å². The third kappa shape index (κ3) is 1.58. The van der Waals surface area contributed by atoms with E-state index < -0.39 is 0 Å². The van der Waals surface area contributed by atoms with Crippen LogP contribution >= 0.6 is 0 Å². The molecule has 0 saturated carbocycles. The van der Waals surface area contributed by atoms with E-state index in [1.807, 2.05) is 12.1 Å². The van der Waals surface area contributed by atoms with Crippen molar-refractivity contribution in [2.75, 3.05) is 24.3 Å². The summed E-state index contributed by atoms with van der Waals surface area (Å²) in [7, 11) is 0. The second-order valence-electron chi connectivity index (χ2n) is 3.61. The minimum absolute atomic E-state index is 0.0250. The van der Waals surface area contributed by atoms with Gasteiger partial charge in [-0.05, 0) is 19.1 Å². The molecular weight excluding hydrogens is 166 g/mol. The highest BCUT2D eigenvalue weighted by Gasteiger charge is 2.33. The van der Waals surface area contributed by atoms with Gasteiger partial charge >= 0.3 is 0 Å². The molecule has 1 fully saturated rings. The Bertz CT molecular complexity index is 309. The Labute approximate surface area is 77.1 Å². The fraction of sp³-hybridized carbons (Fsp3) is 0.444. The van der Waals surface area contributed by atoms with Gasteiger partial charge in [-0.2, -0.15) is 0 Å². The summed E-state index contributed by atoms with van der Waals surface area (Å²) in [6, 6.07) is 3.79. The monoisotopic (exact) mass is 179 g/mol. The summed E-state index contributed by atoms with van der Waals surface area (Å²) >= 11 is 0. The van der Waals surface area contributed by atoms with Crippen molar-refractivity contribution in [3.63, 3.8) is 0 Å². The van der Waals surface area contributed by atoms with Crippen LogP contribution in [0.3, 0.4) is 0 Å². The Balaban J connectivity index is 2.13. The summed E-state index contributed by atoms with van der Waals surface area (Å²) in [5, 5.41) is 3.31. The van der Waals surface area contributed by atoms with Crippen LogP contribution in [0.15, 0.2) is 18.3 Å². The van der Waals surface area contributed by atoms with Crippen molar-refractivity contribution in [3.05, 3.63) is 18.3 Å². The lowest BCUT2D eigenvalue weighted by Crippen LogP contribution is -2.53. The number of nitrogen functional groups attached to an aromatic ring is 1. The number of nitrogens with one attached hydrogen (secondary N) is 1. The third-order valence-electron chi connectivity index (χ3n) is 2.12. The van der Waals surface area contributed by atoms with E-state index >= 15 is 0 Å². The lowest BCUT2D eigenvalue weighted by Gasteiger charge is -2.39. The van der Waals surface area contributed by atoms with Gasteiger partial charge in [0.25, 0.3) is 0 Å². The number of hydrogen-bond donors (Lipinski definition) is 2. The predicted octanol–water partition coefficient (Wildman–Crippen LogP) is 0.865. The molecule has 1 aromatic rings. The zero-order chi connectivity index (χ0) is 9.31. The zero-order valence-electron chi connectivity index (χ0n) is 7.58. The highest BCUT2D eigenvalue weighted by atomic mass is 16.5. The first-order chi connectivity index (χ1) is 6.20. The molecule has 1 aliphatic heterocycles. The number of nitrogens with two attached hydrogens (primary N) is 1. The van der Waals surface area contributed by atoms with E-state index in [0.717, 1.165) is 18.9 Å². The van der Waals surface area contributed by atoms with Crippen molar-refractivity contribution in [1.29, 1.82) is 0 Å². The number of hydrogen-bond acceptors (Lipinski definition) is 4. The third-order valence-corrected chi connectivity index (χ3v) is 2.12. The Kier molecular flexibility index (Phi) is 1.84. The molecule has 1 aliphatic rings. The van der Waals surface area contributed by atoms with Gasteiger partial charge in [-0.1, -0.05) is 0 Å². The van der Waals surface area contributed by atoms with E-state index in [0.29, 0.717) is 5.82 Å². The average Bonchev–Trinajstić information content (AvgIpc) is 2.06. The highest BCUT2D eigenvalue weighted by Crippen LogP contribution is 2.24. The molecule has 13 heavy (non-hydrogen) atoms. The van der Waals surface area contributed by atoms with Crippen molar-refractivity contribution in [3.8, 4) is 0 Å². The lowest BCUT2D eigenvalue weighted by molar-refractivity contribution is -0.0318. The molecule has 2 heterocycles. The van der Waals surface area contributed by atoms with Crippen LogP contribution < -0.4 is 11.1 Å². The quantitative estimate of drug-likeness (QED) is 0.707. The minimum atomic E-state index is 0.0250. The van der Waals surface area contributed by atoms with Crippen molar-refractivity contribution in [1.82, 2.24) is 4.98 Å². The summed E-state index contributed by atoms with van der Waals surface area (Å²) in [4.78, 5) is 4.00. The SMILES string of the molecule is CC1(Nc2cccnc2N)COC1. The van der Waals surface area contributed by atoms with Crippen LogP contribution in [-0.2, 0) is 4.74 Å². The van der Waals surface area contributed by atoms with E-state index in [1.165, 1.54) is 0 Å². The van der Waals surface area contributed by atoms with Crippen LogP contribution in [0.4, 0.5) is 11.5 Å². The van der Waals surface area contributed by atoms with Gasteiger partial charge in [-0.3, -0.25) is 0 Å². The average molecular weight is 179 g/mol. The second kappa shape index (κ2) is 2.88. The minimum Gasteiger partial charge on any atom is -0.382 e. The van der Waals surface area contributed by atoms with E-state index in [4.69, 9.17) is 10.5 Å². The van der Waals surface area contributed by atoms with Crippen LogP contribution in [0.1, 0.15) is 6.92 Å². The van der Waals surface area contributed by atoms with Gasteiger partial charge in [0.2, 0.25) is 0 Å². The molecule has 2 rings (SSSR count). The predicted molar refractivity (Wildman–Crippen MR) is 51.5 cm³/mol. The highest BCUT2D eigenvalue weighted by molar-refractivity contribution is 5.62. The fourth-order valence-corrected chi connectivity index (χ4v) is 1.33. The van der Waals surface area contributed by atoms with E-state index in [9.17, 15) is 0 Å². The van der Waals surface area contributed by atoms with Gasteiger partial charge < -0.3 is 15.8 Å². The summed E-state index contributed by atoms with van der Waals surface area (Å²) in [6.45, 7) is 3.55. The van der Waals surface area contributed by atoms with E-state index in [-0.39, 0.29) is 5.54 Å². The standard InChI is InChI=1S/C9H13N3O/c1-9(5-13-6-9)12-7-3-2-4-11-8(7)10/h2-4,12H,5-6H2,1H3,(H2,10,11). The Morgan fingerprint density at radius 1 is 1.62 bits per heavy atom. The van der Waals surface area contributed by atoms with Gasteiger partial charge in [0, 0.05) is 6.20 Å². The molecule has 70 valence electrons. The molecule has 4 heteroatoms. The number of nitrogens with zero attached hydrogens (tertiary/aromatic N) is 1. The van der Waals surface area contributed by atoms with Gasteiger partial charge in [0.15, 0.2) is 0 Å². The first-order valence-corrected chi connectivity index (χ1v) is 4.26. The first kappa shape index (κ1) is 8.31. The maximum atomic E-state index is 5.69. The molecule has 0 spiro atoms. The zero-order valence-corrected chi connectivity index (χ0v) is 7.58. The second-order valence-corrected chi connectivity index (χ2v) is 3.61. The molecule has 0 atom stereocenters. The molecule has 4 nitrogen and oxygen atoms in total. The summed E-state index contributed by atoms with van der Waals surface area (Å²) in [5.41, 5.74) is 6.60. The van der Waals surface area contributed by atoms with Crippen LogP contribution in [0.2, 0.25) is 0 Å². The molecule has 0 aliphatic carbocycles. The summed E-state index contributed by atoms with van der Waals surface area (Å²) in [6.07, 6.45) is 1.68. The summed E-state index contributed by atoms with van der Waals surface area (Å²) < 4.78 is 5.13. The maximum Gasteiger partial charge on any atom is 0.146 e. The van der Waals surface area contributed by atoms with E-state index in [1.54, 1.807) is 6.20 Å². The smallest absolute Gasteiger partial charge is 0.146 e. The van der Waals surface area contributed by atoms with Gasteiger partial charge in [-0.25, -0.2) is 4.98 Å². The van der Waals surface area contributed by atoms with Crippen molar-refractivity contribution >= 4 is 11.5 Å². The van der Waals surface area contributed by atoms with Crippen molar-refractivity contribution < 1.29 is 4.74 Å². The fourth-order valence-electron chi connectivity index (χ4n) is 1.33. The largest absolute Gasteiger partial charge is 0.382 e. The molecule has 0 aromatic carbocycles. The van der Waals surface area contributed by atoms with Crippen LogP contribution in [0.25, 0.3) is 0 Å². The number of anilines is 2. The van der Waals surface area contributed by atoms with E-state index in [2.05, 4.69) is 17.2 Å². The number of pyridine rings is 1. The van der Waals surface area contributed by atoms with Crippen LogP contribution in [-0.4, -0.2) is 23.7 Å². The molecule has 0 radical (unpaired) electrons. The molecule has 0 bridgehead atoms. The molecular formula is C9H13N3O. The topological polar surface area (TPSA) is 60.2 Å². The maximum absolute atomic E-state index is 5.69. The Hall–Kier alpha value is -1.29. The lowest BCUT2D eigenvalue weighted by atomic mass is 10.0. The number of rotatable bonds is 2.